The molecule has 0 bridgehead atoms. The summed E-state index contributed by atoms with van der Waals surface area (Å²) in [7, 11) is 1.20. The SMILES string of the molecule is COC(=O)[C@@H]1Cc2cc([N+](=O)[O-])c(O)cc2CN1C(=O)OC(C)C. The Kier molecular flexibility index (Phi) is 4.91. The second kappa shape index (κ2) is 6.73. The van der Waals surface area contributed by atoms with Gasteiger partial charge in [-0.05, 0) is 31.0 Å². The maximum atomic E-state index is 12.2. The van der Waals surface area contributed by atoms with Crippen molar-refractivity contribution in [2.45, 2.75) is 39.0 Å². The van der Waals surface area contributed by atoms with Crippen LogP contribution in [-0.2, 0) is 27.2 Å². The van der Waals surface area contributed by atoms with Crippen molar-refractivity contribution in [2.75, 3.05) is 7.11 Å². The van der Waals surface area contributed by atoms with Gasteiger partial charge in [0.15, 0.2) is 5.75 Å². The molecule has 130 valence electrons. The van der Waals surface area contributed by atoms with Crippen LogP contribution < -0.4 is 0 Å². The Morgan fingerprint density at radius 1 is 1.38 bits per heavy atom. The van der Waals surface area contributed by atoms with Gasteiger partial charge in [-0.1, -0.05) is 0 Å². The number of methoxy groups -OCH3 is 1. The molecule has 0 radical (unpaired) electrons. The minimum absolute atomic E-state index is 0.0216. The summed E-state index contributed by atoms with van der Waals surface area (Å²) in [4.78, 5) is 35.7. The van der Waals surface area contributed by atoms with Gasteiger partial charge in [0.05, 0.1) is 24.7 Å². The van der Waals surface area contributed by atoms with E-state index in [1.165, 1.54) is 24.1 Å². The van der Waals surface area contributed by atoms with Crippen molar-refractivity contribution in [2.24, 2.45) is 0 Å². The summed E-state index contributed by atoms with van der Waals surface area (Å²) in [5.74, 6) is -1.13. The lowest BCUT2D eigenvalue weighted by atomic mass is 9.93. The van der Waals surface area contributed by atoms with E-state index in [1.807, 2.05) is 0 Å². The Bertz CT molecular complexity index is 687. The second-order valence-corrected chi connectivity index (χ2v) is 5.67. The predicted octanol–water partition coefficient (Wildman–Crippen LogP) is 1.75. The summed E-state index contributed by atoms with van der Waals surface area (Å²) < 4.78 is 9.85. The summed E-state index contributed by atoms with van der Waals surface area (Å²) in [6.07, 6.45) is -1.03. The molecule has 0 saturated carbocycles. The van der Waals surface area contributed by atoms with Crippen molar-refractivity contribution < 1.29 is 29.1 Å². The average Bonchev–Trinajstić information content (AvgIpc) is 2.51. The molecule has 1 aromatic rings. The van der Waals surface area contributed by atoms with E-state index in [2.05, 4.69) is 0 Å². The van der Waals surface area contributed by atoms with E-state index in [1.54, 1.807) is 13.8 Å². The maximum absolute atomic E-state index is 12.2. The van der Waals surface area contributed by atoms with Crippen LogP contribution in [0.25, 0.3) is 0 Å². The highest BCUT2D eigenvalue weighted by atomic mass is 16.6. The van der Waals surface area contributed by atoms with Crippen LogP contribution in [-0.4, -0.2) is 46.2 Å². The van der Waals surface area contributed by atoms with Gasteiger partial charge >= 0.3 is 17.7 Å². The zero-order chi connectivity index (χ0) is 18.0. The van der Waals surface area contributed by atoms with E-state index in [0.717, 1.165) is 0 Å². The quantitative estimate of drug-likeness (QED) is 0.506. The smallest absolute Gasteiger partial charge is 0.411 e. The van der Waals surface area contributed by atoms with E-state index in [0.29, 0.717) is 11.1 Å². The fraction of sp³-hybridized carbons (Fsp3) is 0.467. The molecular weight excluding hydrogens is 320 g/mol. The van der Waals surface area contributed by atoms with E-state index < -0.39 is 34.5 Å². The lowest BCUT2D eigenvalue weighted by Crippen LogP contribution is -2.49. The third-order valence-corrected chi connectivity index (χ3v) is 3.67. The zero-order valence-corrected chi connectivity index (χ0v) is 13.5. The number of hydrogen-bond acceptors (Lipinski definition) is 7. The topological polar surface area (TPSA) is 119 Å². The van der Waals surface area contributed by atoms with Crippen LogP contribution in [0.2, 0.25) is 0 Å². The van der Waals surface area contributed by atoms with Crippen molar-refractivity contribution >= 4 is 17.7 Å². The summed E-state index contributed by atoms with van der Waals surface area (Å²) in [5.41, 5.74) is 0.568. The molecule has 0 saturated heterocycles. The average molecular weight is 338 g/mol. The van der Waals surface area contributed by atoms with Gasteiger partial charge in [0.2, 0.25) is 0 Å². The molecule has 1 atom stereocenters. The number of phenols is 1. The van der Waals surface area contributed by atoms with Crippen LogP contribution in [0, 0.1) is 10.1 Å². The van der Waals surface area contributed by atoms with Crippen molar-refractivity contribution in [3.63, 3.8) is 0 Å². The number of rotatable bonds is 3. The number of carbonyl (C=O) groups excluding carboxylic acids is 2. The third-order valence-electron chi connectivity index (χ3n) is 3.67. The van der Waals surface area contributed by atoms with E-state index in [9.17, 15) is 24.8 Å². The van der Waals surface area contributed by atoms with Gasteiger partial charge in [-0.3, -0.25) is 15.0 Å². The van der Waals surface area contributed by atoms with Crippen molar-refractivity contribution in [3.05, 3.63) is 33.4 Å². The molecule has 0 unspecified atom stereocenters. The number of ether oxygens (including phenoxy) is 2. The van der Waals surface area contributed by atoms with E-state index in [4.69, 9.17) is 9.47 Å². The minimum atomic E-state index is -0.946. The molecule has 1 aliphatic rings. The highest BCUT2D eigenvalue weighted by Crippen LogP contribution is 2.34. The Balaban J connectivity index is 2.42. The monoisotopic (exact) mass is 338 g/mol. The Morgan fingerprint density at radius 2 is 2.04 bits per heavy atom. The summed E-state index contributed by atoms with van der Waals surface area (Å²) in [5, 5.41) is 20.7. The molecular formula is C15H18N2O7. The normalized spacial score (nSPS) is 16.5. The minimum Gasteiger partial charge on any atom is -0.502 e. The van der Waals surface area contributed by atoms with E-state index in [-0.39, 0.29) is 19.1 Å². The van der Waals surface area contributed by atoms with Gasteiger partial charge in [0.1, 0.15) is 6.04 Å². The molecule has 0 aromatic heterocycles. The van der Waals surface area contributed by atoms with Gasteiger partial charge in [-0.2, -0.15) is 0 Å². The number of carbonyl (C=O) groups is 2. The Labute approximate surface area is 137 Å². The zero-order valence-electron chi connectivity index (χ0n) is 13.5. The molecule has 24 heavy (non-hydrogen) atoms. The molecule has 9 heteroatoms. The van der Waals surface area contributed by atoms with Gasteiger partial charge in [0.25, 0.3) is 0 Å². The number of esters is 1. The van der Waals surface area contributed by atoms with Crippen LogP contribution in [0.4, 0.5) is 10.5 Å². The highest BCUT2D eigenvalue weighted by Gasteiger charge is 2.38. The van der Waals surface area contributed by atoms with Crippen LogP contribution >= 0.6 is 0 Å². The molecule has 0 fully saturated rings. The Morgan fingerprint density at radius 3 is 2.58 bits per heavy atom. The molecule has 1 amide bonds. The number of nitro benzene ring substituents is 1. The number of fused-ring (bicyclic) bond motifs is 1. The highest BCUT2D eigenvalue weighted by molar-refractivity contribution is 5.82. The van der Waals surface area contributed by atoms with Crippen LogP contribution in [0.3, 0.4) is 0 Å². The number of phenolic OH excluding ortho intramolecular Hbond substituents is 1. The lowest BCUT2D eigenvalue weighted by Gasteiger charge is -2.34. The van der Waals surface area contributed by atoms with Crippen LogP contribution in [0.15, 0.2) is 12.1 Å². The summed E-state index contributed by atoms with van der Waals surface area (Å²) in [6.45, 7) is 3.34. The molecule has 2 rings (SSSR count). The standard InChI is InChI=1S/C15H18N2O7/c1-8(2)24-15(20)16-7-10-6-13(18)11(17(21)22)4-9(10)5-12(16)14(19)23-3/h4,6,8,12,18H,5,7H2,1-3H3/t12-/m0/s1. The first-order valence-corrected chi connectivity index (χ1v) is 7.28. The summed E-state index contributed by atoms with van der Waals surface area (Å²) >= 11 is 0. The number of amides is 1. The molecule has 1 N–H and O–H groups in total. The predicted molar refractivity (Wildman–Crippen MR) is 81.4 cm³/mol. The van der Waals surface area contributed by atoms with Crippen molar-refractivity contribution in [3.8, 4) is 5.75 Å². The van der Waals surface area contributed by atoms with Crippen molar-refractivity contribution in [1.29, 1.82) is 0 Å². The maximum Gasteiger partial charge on any atom is 0.411 e. The number of aromatic hydroxyl groups is 1. The third kappa shape index (κ3) is 3.39. The fourth-order valence-electron chi connectivity index (χ4n) is 2.57. The molecule has 1 heterocycles. The number of benzene rings is 1. The first kappa shape index (κ1) is 17.5. The first-order chi connectivity index (χ1) is 11.2. The fourth-order valence-corrected chi connectivity index (χ4v) is 2.57. The number of nitrogens with zero attached hydrogens (tertiary/aromatic N) is 2. The number of nitro groups is 1. The first-order valence-electron chi connectivity index (χ1n) is 7.28. The van der Waals surface area contributed by atoms with Crippen LogP contribution in [0.1, 0.15) is 25.0 Å². The molecule has 9 nitrogen and oxygen atoms in total. The van der Waals surface area contributed by atoms with E-state index >= 15 is 0 Å². The molecule has 0 spiro atoms. The van der Waals surface area contributed by atoms with Gasteiger partial charge < -0.3 is 14.6 Å². The van der Waals surface area contributed by atoms with Crippen molar-refractivity contribution in [1.82, 2.24) is 4.90 Å². The lowest BCUT2D eigenvalue weighted by molar-refractivity contribution is -0.386. The second-order valence-electron chi connectivity index (χ2n) is 5.67. The number of hydrogen-bond donors (Lipinski definition) is 1. The Hall–Kier alpha value is -2.84. The molecule has 1 aliphatic heterocycles. The molecule has 1 aromatic carbocycles. The van der Waals surface area contributed by atoms with Gasteiger partial charge in [-0.25, -0.2) is 9.59 Å². The largest absolute Gasteiger partial charge is 0.502 e. The van der Waals surface area contributed by atoms with Crippen LogP contribution in [0.5, 0.6) is 5.75 Å². The summed E-state index contributed by atoms with van der Waals surface area (Å²) in [6, 6.07) is 1.50. The van der Waals surface area contributed by atoms with Gasteiger partial charge in [-0.15, -0.1) is 0 Å². The molecule has 0 aliphatic carbocycles. The van der Waals surface area contributed by atoms with Gasteiger partial charge in [0, 0.05) is 12.5 Å².